The van der Waals surface area contributed by atoms with Crippen molar-refractivity contribution in [3.63, 3.8) is 0 Å². The van der Waals surface area contributed by atoms with Gasteiger partial charge in [-0.05, 0) is 31.3 Å². The molecule has 38 heavy (non-hydrogen) atoms. The van der Waals surface area contributed by atoms with Gasteiger partial charge in [-0.2, -0.15) is 10.1 Å². The molecule has 0 saturated carbocycles. The molecule has 11 heteroatoms. The fourth-order valence-electron chi connectivity index (χ4n) is 4.38. The molecule has 1 aliphatic rings. The summed E-state index contributed by atoms with van der Waals surface area (Å²) in [5, 5.41) is 8.60. The summed E-state index contributed by atoms with van der Waals surface area (Å²) in [4.78, 5) is 13.9. The fraction of sp³-hybridized carbons (Fsp3) is 0.370. The predicted molar refractivity (Wildman–Crippen MR) is 145 cm³/mol. The Morgan fingerprint density at radius 1 is 0.895 bits per heavy atom. The minimum atomic E-state index is 0.420. The molecule has 0 bridgehead atoms. The summed E-state index contributed by atoms with van der Waals surface area (Å²) in [5.41, 5.74) is 2.26. The van der Waals surface area contributed by atoms with Crippen LogP contribution in [0, 0.1) is 0 Å². The zero-order valence-electron chi connectivity index (χ0n) is 22.2. The highest BCUT2D eigenvalue weighted by Gasteiger charge is 2.17. The van der Waals surface area contributed by atoms with Crippen LogP contribution in [0.4, 0.5) is 11.6 Å². The molecule has 200 valence electrons. The molecule has 1 aliphatic heterocycles. The maximum atomic E-state index is 6.17. The number of methoxy groups -OCH3 is 3. The Labute approximate surface area is 221 Å². The molecule has 3 heterocycles. The SMILES string of the molecule is COc1ccc(-n2ncc3cnc(Nc4cc(OC)c(OC)c(OCCN5CCN(C)CC5)c4)nc32)cc1. The van der Waals surface area contributed by atoms with Crippen LogP contribution in [0.1, 0.15) is 0 Å². The number of nitrogens with zero attached hydrogens (tertiary/aromatic N) is 6. The quantitative estimate of drug-likeness (QED) is 0.336. The second kappa shape index (κ2) is 11.5. The lowest BCUT2D eigenvalue weighted by molar-refractivity contribution is 0.132. The molecular weight excluding hydrogens is 486 g/mol. The number of aromatic nitrogens is 4. The first-order valence-electron chi connectivity index (χ1n) is 12.5. The van der Waals surface area contributed by atoms with E-state index >= 15 is 0 Å². The maximum absolute atomic E-state index is 6.17. The minimum absolute atomic E-state index is 0.420. The van der Waals surface area contributed by atoms with Gasteiger partial charge in [0.25, 0.3) is 0 Å². The average molecular weight is 520 g/mol. The first-order chi connectivity index (χ1) is 18.6. The highest BCUT2D eigenvalue weighted by atomic mass is 16.5. The molecule has 0 aliphatic carbocycles. The average Bonchev–Trinajstić information content (AvgIpc) is 3.37. The highest BCUT2D eigenvalue weighted by Crippen LogP contribution is 2.40. The zero-order valence-corrected chi connectivity index (χ0v) is 22.2. The molecule has 0 amide bonds. The Morgan fingerprint density at radius 3 is 2.37 bits per heavy atom. The molecular formula is C27H33N7O4. The molecule has 11 nitrogen and oxygen atoms in total. The summed E-state index contributed by atoms with van der Waals surface area (Å²) in [6.45, 7) is 5.59. The van der Waals surface area contributed by atoms with Crippen molar-refractivity contribution in [3.8, 4) is 28.7 Å². The molecule has 1 fully saturated rings. The van der Waals surface area contributed by atoms with Crippen LogP contribution in [0.3, 0.4) is 0 Å². The van der Waals surface area contributed by atoms with E-state index < -0.39 is 0 Å². The van der Waals surface area contributed by atoms with Gasteiger partial charge in [0.05, 0.1) is 38.6 Å². The van der Waals surface area contributed by atoms with Crippen LogP contribution in [0.5, 0.6) is 23.0 Å². The molecule has 0 atom stereocenters. The normalized spacial score (nSPS) is 14.4. The van der Waals surface area contributed by atoms with Gasteiger partial charge in [-0.1, -0.05) is 0 Å². The van der Waals surface area contributed by atoms with Crippen LogP contribution in [0.25, 0.3) is 16.7 Å². The lowest BCUT2D eigenvalue weighted by atomic mass is 10.2. The number of fused-ring (bicyclic) bond motifs is 1. The lowest BCUT2D eigenvalue weighted by Crippen LogP contribution is -2.45. The van der Waals surface area contributed by atoms with Gasteiger partial charge < -0.3 is 29.2 Å². The zero-order chi connectivity index (χ0) is 26.5. The number of hydrogen-bond acceptors (Lipinski definition) is 10. The van der Waals surface area contributed by atoms with Crippen molar-refractivity contribution in [2.24, 2.45) is 0 Å². The highest BCUT2D eigenvalue weighted by molar-refractivity contribution is 5.77. The van der Waals surface area contributed by atoms with Crippen molar-refractivity contribution >= 4 is 22.7 Å². The number of nitrogens with one attached hydrogen (secondary N) is 1. The second-order valence-corrected chi connectivity index (χ2v) is 9.06. The molecule has 5 rings (SSSR count). The van der Waals surface area contributed by atoms with Crippen LogP contribution in [0.2, 0.25) is 0 Å². The topological polar surface area (TPSA) is 99.0 Å². The van der Waals surface area contributed by atoms with Crippen molar-refractivity contribution < 1.29 is 18.9 Å². The van der Waals surface area contributed by atoms with Gasteiger partial charge in [0, 0.05) is 56.7 Å². The molecule has 1 N–H and O–H groups in total. The minimum Gasteiger partial charge on any atom is -0.497 e. The van der Waals surface area contributed by atoms with Gasteiger partial charge in [0.15, 0.2) is 17.1 Å². The third kappa shape index (κ3) is 5.58. The number of rotatable bonds is 10. The Balaban J connectivity index is 1.36. The van der Waals surface area contributed by atoms with Gasteiger partial charge in [0.2, 0.25) is 11.7 Å². The van der Waals surface area contributed by atoms with E-state index in [0.29, 0.717) is 41.1 Å². The number of benzene rings is 2. The number of hydrogen-bond donors (Lipinski definition) is 1. The fourth-order valence-corrected chi connectivity index (χ4v) is 4.38. The molecule has 1 saturated heterocycles. The van der Waals surface area contributed by atoms with Crippen molar-refractivity contribution in [2.75, 3.05) is 73.0 Å². The molecule has 4 aromatic rings. The van der Waals surface area contributed by atoms with Crippen LogP contribution in [0.15, 0.2) is 48.8 Å². The van der Waals surface area contributed by atoms with Gasteiger partial charge in [-0.15, -0.1) is 0 Å². The summed E-state index contributed by atoms with van der Waals surface area (Å²) in [7, 11) is 7.00. The van der Waals surface area contributed by atoms with E-state index in [1.807, 2.05) is 36.4 Å². The largest absolute Gasteiger partial charge is 0.497 e. The molecule has 0 spiro atoms. The van der Waals surface area contributed by atoms with Crippen molar-refractivity contribution in [2.45, 2.75) is 0 Å². The number of ether oxygens (including phenoxy) is 4. The number of likely N-dealkylation sites (N-methyl/N-ethyl adjacent to an activating group) is 1. The Hall–Kier alpha value is -4.09. The predicted octanol–water partition coefficient (Wildman–Crippen LogP) is 3.21. The van der Waals surface area contributed by atoms with Crippen LogP contribution >= 0.6 is 0 Å². The smallest absolute Gasteiger partial charge is 0.229 e. The third-order valence-corrected chi connectivity index (χ3v) is 6.59. The van der Waals surface area contributed by atoms with Crippen LogP contribution in [-0.2, 0) is 0 Å². The molecule has 0 unspecified atom stereocenters. The van der Waals surface area contributed by atoms with Crippen LogP contribution < -0.4 is 24.3 Å². The Bertz CT molecular complexity index is 1370. The summed E-state index contributed by atoms with van der Waals surface area (Å²) in [6.07, 6.45) is 3.48. The van der Waals surface area contributed by atoms with Gasteiger partial charge in [-0.25, -0.2) is 9.67 Å². The van der Waals surface area contributed by atoms with Crippen molar-refractivity contribution in [1.29, 1.82) is 0 Å². The van der Waals surface area contributed by atoms with Gasteiger partial charge >= 0.3 is 0 Å². The second-order valence-electron chi connectivity index (χ2n) is 9.06. The number of anilines is 2. The molecule has 0 radical (unpaired) electrons. The summed E-state index contributed by atoms with van der Waals surface area (Å²) >= 11 is 0. The van der Waals surface area contributed by atoms with E-state index in [4.69, 9.17) is 23.9 Å². The molecule has 2 aromatic heterocycles. The summed E-state index contributed by atoms with van der Waals surface area (Å²) in [5.74, 6) is 2.88. The Kier molecular flexibility index (Phi) is 7.75. The Morgan fingerprint density at radius 2 is 1.66 bits per heavy atom. The van der Waals surface area contributed by atoms with E-state index in [0.717, 1.165) is 49.5 Å². The first kappa shape index (κ1) is 25.6. The first-order valence-corrected chi connectivity index (χ1v) is 12.5. The third-order valence-electron chi connectivity index (χ3n) is 6.59. The van der Waals surface area contributed by atoms with E-state index in [1.54, 1.807) is 38.4 Å². The summed E-state index contributed by atoms with van der Waals surface area (Å²) in [6, 6.07) is 11.3. The number of piperazine rings is 1. The van der Waals surface area contributed by atoms with Crippen molar-refractivity contribution in [3.05, 3.63) is 48.8 Å². The maximum Gasteiger partial charge on any atom is 0.229 e. The standard InChI is InChI=1S/C27H33N7O4/c1-32-9-11-33(12-10-32)13-14-38-24-16-20(15-23(36-3)25(24)37-4)30-27-28-17-19-18-29-34(26(19)31-27)21-5-7-22(35-2)8-6-21/h5-8,15-18H,9-14H2,1-4H3,(H,28,30,31). The lowest BCUT2D eigenvalue weighted by Gasteiger charge is -2.32. The van der Waals surface area contributed by atoms with E-state index in [9.17, 15) is 0 Å². The van der Waals surface area contributed by atoms with E-state index in [1.165, 1.54) is 0 Å². The van der Waals surface area contributed by atoms with E-state index in [-0.39, 0.29) is 0 Å². The van der Waals surface area contributed by atoms with Crippen molar-refractivity contribution in [1.82, 2.24) is 29.5 Å². The van der Waals surface area contributed by atoms with Gasteiger partial charge in [0.1, 0.15) is 12.4 Å². The summed E-state index contributed by atoms with van der Waals surface area (Å²) < 4.78 is 24.4. The monoisotopic (exact) mass is 519 g/mol. The van der Waals surface area contributed by atoms with Gasteiger partial charge in [-0.3, -0.25) is 4.90 Å². The molecule has 2 aromatic carbocycles. The van der Waals surface area contributed by atoms with Crippen LogP contribution in [-0.4, -0.2) is 97.3 Å². The van der Waals surface area contributed by atoms with E-state index in [2.05, 4.69) is 32.2 Å².